The van der Waals surface area contributed by atoms with Crippen molar-refractivity contribution in [3.63, 3.8) is 0 Å². The Balaban J connectivity index is 2.19. The normalized spacial score (nSPS) is 11.5. The standard InChI is InChI=1S/C15H16F2N4S/c1-19-12-3-4-13(21-14(12)15(18)20-2)22-8-9-5-10(16)7-11(17)6-9/h3-7,19H,8H2,1-2H3,(H2,18,20). The average molecular weight is 322 g/mol. The minimum Gasteiger partial charge on any atom is -0.386 e. The Morgan fingerprint density at radius 2 is 1.95 bits per heavy atom. The van der Waals surface area contributed by atoms with Crippen LogP contribution >= 0.6 is 11.8 Å². The summed E-state index contributed by atoms with van der Waals surface area (Å²) in [5, 5.41) is 3.69. The number of rotatable bonds is 5. The number of hydrogen-bond acceptors (Lipinski definition) is 4. The van der Waals surface area contributed by atoms with E-state index in [0.29, 0.717) is 27.9 Å². The SMILES string of the molecule is CN=C(N)c1nc(SCc2cc(F)cc(F)c2)ccc1NC. The summed E-state index contributed by atoms with van der Waals surface area (Å²) in [5.41, 5.74) is 7.71. The fourth-order valence-corrected chi connectivity index (χ4v) is 2.68. The molecule has 0 unspecified atom stereocenters. The molecule has 0 radical (unpaired) electrons. The third-order valence-electron chi connectivity index (χ3n) is 2.93. The Labute approximate surface area is 131 Å². The van der Waals surface area contributed by atoms with Crippen molar-refractivity contribution in [2.75, 3.05) is 19.4 Å². The van der Waals surface area contributed by atoms with Gasteiger partial charge in [-0.1, -0.05) is 0 Å². The van der Waals surface area contributed by atoms with Gasteiger partial charge in [-0.15, -0.1) is 11.8 Å². The number of nitrogens with two attached hydrogens (primary N) is 1. The summed E-state index contributed by atoms with van der Waals surface area (Å²) in [6.07, 6.45) is 0. The molecule has 4 nitrogen and oxygen atoms in total. The number of nitrogens with one attached hydrogen (secondary N) is 1. The van der Waals surface area contributed by atoms with Crippen molar-refractivity contribution in [1.82, 2.24) is 4.98 Å². The van der Waals surface area contributed by atoms with Crippen molar-refractivity contribution in [2.45, 2.75) is 10.8 Å². The zero-order valence-electron chi connectivity index (χ0n) is 12.2. The van der Waals surface area contributed by atoms with Crippen LogP contribution in [-0.2, 0) is 5.75 Å². The molecule has 0 fully saturated rings. The Bertz CT molecular complexity index is 684. The first-order valence-electron chi connectivity index (χ1n) is 6.52. The van der Waals surface area contributed by atoms with Crippen LogP contribution in [0.25, 0.3) is 0 Å². The van der Waals surface area contributed by atoms with Gasteiger partial charge in [0.25, 0.3) is 0 Å². The summed E-state index contributed by atoms with van der Waals surface area (Å²) in [5.74, 6) is -0.443. The maximum atomic E-state index is 13.2. The number of anilines is 1. The van der Waals surface area contributed by atoms with Crippen LogP contribution in [0.1, 0.15) is 11.3 Å². The molecule has 0 aliphatic rings. The Kier molecular flexibility index (Phi) is 5.32. The minimum absolute atomic E-state index is 0.323. The quantitative estimate of drug-likeness (QED) is 0.504. The molecule has 0 saturated carbocycles. The number of pyridine rings is 1. The average Bonchev–Trinajstić information content (AvgIpc) is 2.51. The third-order valence-corrected chi connectivity index (χ3v) is 3.93. The zero-order chi connectivity index (χ0) is 16.1. The lowest BCUT2D eigenvalue weighted by atomic mass is 10.2. The van der Waals surface area contributed by atoms with Crippen LogP contribution in [-0.4, -0.2) is 24.9 Å². The number of aromatic nitrogens is 1. The highest BCUT2D eigenvalue weighted by molar-refractivity contribution is 7.98. The van der Waals surface area contributed by atoms with Gasteiger partial charge < -0.3 is 11.1 Å². The second kappa shape index (κ2) is 7.22. The molecule has 0 bridgehead atoms. The lowest BCUT2D eigenvalue weighted by Crippen LogP contribution is -2.17. The van der Waals surface area contributed by atoms with E-state index in [1.54, 1.807) is 14.1 Å². The zero-order valence-corrected chi connectivity index (χ0v) is 13.0. The number of thioether (sulfide) groups is 1. The molecular formula is C15H16F2N4S. The van der Waals surface area contributed by atoms with Gasteiger partial charge in [-0.25, -0.2) is 13.8 Å². The molecule has 0 saturated heterocycles. The molecule has 0 aliphatic carbocycles. The molecule has 22 heavy (non-hydrogen) atoms. The molecule has 0 aliphatic heterocycles. The maximum absolute atomic E-state index is 13.2. The molecule has 0 atom stereocenters. The monoisotopic (exact) mass is 322 g/mol. The van der Waals surface area contributed by atoms with Gasteiger partial charge in [0.1, 0.15) is 23.2 Å². The van der Waals surface area contributed by atoms with Crippen LogP contribution in [0.3, 0.4) is 0 Å². The molecule has 7 heteroatoms. The van der Waals surface area contributed by atoms with E-state index in [1.807, 2.05) is 12.1 Å². The Hall–Kier alpha value is -2.15. The molecule has 3 N–H and O–H groups in total. The lowest BCUT2D eigenvalue weighted by Gasteiger charge is -2.09. The largest absolute Gasteiger partial charge is 0.386 e. The van der Waals surface area contributed by atoms with Crippen molar-refractivity contribution in [2.24, 2.45) is 10.7 Å². The van der Waals surface area contributed by atoms with Crippen molar-refractivity contribution in [3.05, 3.63) is 53.2 Å². The van der Waals surface area contributed by atoms with E-state index >= 15 is 0 Å². The molecule has 116 valence electrons. The maximum Gasteiger partial charge on any atom is 0.146 e. The molecule has 2 aromatic rings. The van der Waals surface area contributed by atoms with E-state index in [9.17, 15) is 8.78 Å². The first kappa shape index (κ1) is 16.2. The summed E-state index contributed by atoms with van der Waals surface area (Å²) in [7, 11) is 3.36. The molecule has 0 amide bonds. The van der Waals surface area contributed by atoms with E-state index in [-0.39, 0.29) is 0 Å². The van der Waals surface area contributed by atoms with Gasteiger partial charge in [-0.2, -0.15) is 0 Å². The van der Waals surface area contributed by atoms with Crippen LogP contribution < -0.4 is 11.1 Å². The first-order valence-corrected chi connectivity index (χ1v) is 7.51. The molecule has 1 aromatic heterocycles. The fourth-order valence-electron chi connectivity index (χ4n) is 1.88. The summed E-state index contributed by atoms with van der Waals surface area (Å²) in [6.45, 7) is 0. The highest BCUT2D eigenvalue weighted by Crippen LogP contribution is 2.24. The number of nitrogens with zero attached hydrogens (tertiary/aromatic N) is 2. The van der Waals surface area contributed by atoms with Crippen LogP contribution in [0.2, 0.25) is 0 Å². The van der Waals surface area contributed by atoms with Gasteiger partial charge in [0.15, 0.2) is 0 Å². The highest BCUT2D eigenvalue weighted by Gasteiger charge is 2.09. The van der Waals surface area contributed by atoms with Gasteiger partial charge in [0.05, 0.1) is 10.7 Å². The van der Waals surface area contributed by atoms with Crippen LogP contribution in [0, 0.1) is 11.6 Å². The van der Waals surface area contributed by atoms with Crippen LogP contribution in [0.5, 0.6) is 0 Å². The van der Waals surface area contributed by atoms with E-state index in [1.165, 1.54) is 23.9 Å². The first-order chi connectivity index (χ1) is 10.5. The summed E-state index contributed by atoms with van der Waals surface area (Å²) in [4.78, 5) is 8.36. The van der Waals surface area contributed by atoms with Crippen LogP contribution in [0.15, 0.2) is 40.4 Å². The topological polar surface area (TPSA) is 63.3 Å². The van der Waals surface area contributed by atoms with Crippen molar-refractivity contribution < 1.29 is 8.78 Å². The van der Waals surface area contributed by atoms with Gasteiger partial charge in [-0.05, 0) is 29.8 Å². The Morgan fingerprint density at radius 1 is 1.27 bits per heavy atom. The summed E-state index contributed by atoms with van der Waals surface area (Å²) >= 11 is 1.37. The molecule has 2 rings (SSSR count). The smallest absolute Gasteiger partial charge is 0.146 e. The number of amidine groups is 1. The minimum atomic E-state index is -0.586. The second-order valence-electron chi connectivity index (χ2n) is 4.47. The van der Waals surface area contributed by atoms with Crippen molar-refractivity contribution >= 4 is 23.3 Å². The third kappa shape index (κ3) is 3.94. The summed E-state index contributed by atoms with van der Waals surface area (Å²) in [6, 6.07) is 7.12. The number of aliphatic imine (C=N–C) groups is 1. The highest BCUT2D eigenvalue weighted by atomic mass is 32.2. The van der Waals surface area contributed by atoms with E-state index < -0.39 is 11.6 Å². The van der Waals surface area contributed by atoms with Gasteiger partial charge in [0.2, 0.25) is 0 Å². The number of benzene rings is 1. The molecular weight excluding hydrogens is 306 g/mol. The van der Waals surface area contributed by atoms with E-state index in [0.717, 1.165) is 11.8 Å². The van der Waals surface area contributed by atoms with Gasteiger partial charge >= 0.3 is 0 Å². The Morgan fingerprint density at radius 3 is 2.55 bits per heavy atom. The molecule has 1 heterocycles. The number of hydrogen-bond donors (Lipinski definition) is 2. The predicted octanol–water partition coefficient (Wildman–Crippen LogP) is 3.03. The van der Waals surface area contributed by atoms with E-state index in [4.69, 9.17) is 5.73 Å². The second-order valence-corrected chi connectivity index (χ2v) is 5.47. The van der Waals surface area contributed by atoms with Gasteiger partial charge in [-0.3, -0.25) is 4.99 Å². The molecule has 0 spiro atoms. The fraction of sp³-hybridized carbons (Fsp3) is 0.200. The van der Waals surface area contributed by atoms with Crippen molar-refractivity contribution in [3.8, 4) is 0 Å². The van der Waals surface area contributed by atoms with Gasteiger partial charge in [0, 0.05) is 25.9 Å². The number of halogens is 2. The predicted molar refractivity (Wildman–Crippen MR) is 86.4 cm³/mol. The van der Waals surface area contributed by atoms with Crippen molar-refractivity contribution in [1.29, 1.82) is 0 Å². The summed E-state index contributed by atoms with van der Waals surface area (Å²) < 4.78 is 26.3. The molecule has 1 aromatic carbocycles. The van der Waals surface area contributed by atoms with Crippen LogP contribution in [0.4, 0.5) is 14.5 Å². The van der Waals surface area contributed by atoms with E-state index in [2.05, 4.69) is 15.3 Å². The lowest BCUT2D eigenvalue weighted by molar-refractivity contribution is 0.581.